The van der Waals surface area contributed by atoms with E-state index < -0.39 is 16.9 Å². The summed E-state index contributed by atoms with van der Waals surface area (Å²) in [6.45, 7) is 6.31. The number of nitrogens with zero attached hydrogens (tertiary/aromatic N) is 4. The molecule has 2 N–H and O–H groups in total. The summed E-state index contributed by atoms with van der Waals surface area (Å²) in [5, 5.41) is 25.9. The standard InChI is InChI=1S/C24H28N6O5S/c1-5-29-22(21(15(2)3)26-23(32)16-9-8-10-17(13-16)30(33)34)27-28-24(29)36-14-20(31)25-18-11-6-7-12-19(18)35-4/h6-13,15,21H,5,14H2,1-4H3,(H,25,31)(H,26,32)/t21-/m1/s1. The van der Waals surface area contributed by atoms with Gasteiger partial charge in [-0.15, -0.1) is 10.2 Å². The first-order chi connectivity index (χ1) is 17.2. The molecule has 1 heterocycles. The summed E-state index contributed by atoms with van der Waals surface area (Å²) >= 11 is 1.23. The molecule has 12 heteroatoms. The Morgan fingerprint density at radius 2 is 1.92 bits per heavy atom. The molecule has 190 valence electrons. The lowest BCUT2D eigenvalue weighted by Crippen LogP contribution is -2.33. The Bertz CT molecular complexity index is 1250. The van der Waals surface area contributed by atoms with Crippen LogP contribution < -0.4 is 15.4 Å². The van der Waals surface area contributed by atoms with E-state index in [1.165, 1.54) is 43.1 Å². The van der Waals surface area contributed by atoms with Gasteiger partial charge in [0.05, 0.1) is 29.5 Å². The van der Waals surface area contributed by atoms with Crippen molar-refractivity contribution in [2.24, 2.45) is 5.92 Å². The largest absolute Gasteiger partial charge is 0.495 e. The van der Waals surface area contributed by atoms with Gasteiger partial charge in [0.2, 0.25) is 5.91 Å². The van der Waals surface area contributed by atoms with E-state index in [0.29, 0.717) is 29.0 Å². The number of non-ortho nitro benzene ring substituents is 1. The van der Waals surface area contributed by atoms with Gasteiger partial charge >= 0.3 is 0 Å². The van der Waals surface area contributed by atoms with E-state index in [4.69, 9.17) is 4.74 Å². The maximum atomic E-state index is 12.9. The Kier molecular flexibility index (Phi) is 9.01. The molecule has 0 bridgehead atoms. The van der Waals surface area contributed by atoms with E-state index in [1.54, 1.807) is 18.2 Å². The van der Waals surface area contributed by atoms with Crippen molar-refractivity contribution in [2.45, 2.75) is 38.5 Å². The summed E-state index contributed by atoms with van der Waals surface area (Å²) < 4.78 is 7.11. The first-order valence-electron chi connectivity index (χ1n) is 11.3. The van der Waals surface area contributed by atoms with Crippen LogP contribution in [0.3, 0.4) is 0 Å². The first kappa shape index (κ1) is 26.7. The molecule has 0 spiro atoms. The van der Waals surface area contributed by atoms with E-state index in [2.05, 4.69) is 20.8 Å². The summed E-state index contributed by atoms with van der Waals surface area (Å²) in [7, 11) is 1.54. The molecule has 0 aliphatic carbocycles. The molecule has 36 heavy (non-hydrogen) atoms. The van der Waals surface area contributed by atoms with Crippen LogP contribution in [-0.2, 0) is 11.3 Å². The number of amides is 2. The van der Waals surface area contributed by atoms with Crippen molar-refractivity contribution >= 4 is 35.0 Å². The molecule has 2 aromatic carbocycles. The maximum absolute atomic E-state index is 12.9. The minimum atomic E-state index is -0.544. The predicted octanol–water partition coefficient (Wildman–Crippen LogP) is 4.07. The molecular weight excluding hydrogens is 484 g/mol. The van der Waals surface area contributed by atoms with Gasteiger partial charge in [-0.05, 0) is 31.0 Å². The number of nitrogens with one attached hydrogen (secondary N) is 2. The van der Waals surface area contributed by atoms with Gasteiger partial charge in [-0.25, -0.2) is 0 Å². The van der Waals surface area contributed by atoms with Crippen molar-refractivity contribution < 1.29 is 19.2 Å². The number of methoxy groups -OCH3 is 1. The van der Waals surface area contributed by atoms with Crippen LogP contribution in [0.25, 0.3) is 0 Å². The molecular formula is C24H28N6O5S. The number of carbonyl (C=O) groups excluding carboxylic acids is 2. The number of benzene rings is 2. The quantitative estimate of drug-likeness (QED) is 0.222. The van der Waals surface area contributed by atoms with E-state index in [0.717, 1.165) is 0 Å². The van der Waals surface area contributed by atoms with Crippen LogP contribution in [0.15, 0.2) is 53.7 Å². The lowest BCUT2D eigenvalue weighted by Gasteiger charge is -2.22. The number of hydrogen-bond donors (Lipinski definition) is 2. The molecule has 0 aliphatic rings. The molecule has 3 rings (SSSR count). The minimum Gasteiger partial charge on any atom is -0.495 e. The Labute approximate surface area is 212 Å². The first-order valence-corrected chi connectivity index (χ1v) is 12.3. The Hall–Kier alpha value is -3.93. The van der Waals surface area contributed by atoms with E-state index in [9.17, 15) is 19.7 Å². The van der Waals surface area contributed by atoms with Crippen molar-refractivity contribution in [3.63, 3.8) is 0 Å². The molecule has 1 aromatic heterocycles. The maximum Gasteiger partial charge on any atom is 0.270 e. The molecule has 1 atom stereocenters. The number of para-hydroxylation sites is 2. The van der Waals surface area contributed by atoms with Gasteiger partial charge in [0.15, 0.2) is 11.0 Å². The summed E-state index contributed by atoms with van der Waals surface area (Å²) in [6, 6.07) is 12.2. The normalized spacial score (nSPS) is 11.7. The van der Waals surface area contributed by atoms with E-state index in [1.807, 2.05) is 31.4 Å². The monoisotopic (exact) mass is 512 g/mol. The van der Waals surface area contributed by atoms with E-state index in [-0.39, 0.29) is 28.8 Å². The van der Waals surface area contributed by atoms with Gasteiger partial charge in [0.25, 0.3) is 11.6 Å². The SMILES string of the molecule is CCn1c(SCC(=O)Nc2ccccc2OC)nnc1[C@H](NC(=O)c1cccc([N+](=O)[O-])c1)C(C)C. The van der Waals surface area contributed by atoms with Crippen molar-refractivity contribution in [3.8, 4) is 5.75 Å². The minimum absolute atomic E-state index is 0.0474. The van der Waals surface area contributed by atoms with Crippen molar-refractivity contribution in [1.82, 2.24) is 20.1 Å². The number of carbonyl (C=O) groups is 2. The second-order valence-electron chi connectivity index (χ2n) is 8.12. The highest BCUT2D eigenvalue weighted by atomic mass is 32.2. The van der Waals surface area contributed by atoms with Gasteiger partial charge in [0, 0.05) is 24.2 Å². The number of anilines is 1. The molecule has 0 fully saturated rings. The fraction of sp³-hybridized carbons (Fsp3) is 0.333. The van der Waals surface area contributed by atoms with Gasteiger partial charge in [-0.3, -0.25) is 19.7 Å². The lowest BCUT2D eigenvalue weighted by atomic mass is 10.0. The number of nitro groups is 1. The zero-order valence-electron chi connectivity index (χ0n) is 20.4. The molecule has 0 radical (unpaired) electrons. The zero-order valence-corrected chi connectivity index (χ0v) is 21.2. The fourth-order valence-electron chi connectivity index (χ4n) is 3.51. The highest BCUT2D eigenvalue weighted by Crippen LogP contribution is 2.27. The third-order valence-corrected chi connectivity index (χ3v) is 6.29. The highest BCUT2D eigenvalue weighted by molar-refractivity contribution is 7.99. The number of ether oxygens (including phenoxy) is 1. The Balaban J connectivity index is 1.73. The molecule has 0 saturated carbocycles. The Morgan fingerprint density at radius 3 is 2.58 bits per heavy atom. The second kappa shape index (κ2) is 12.2. The number of nitro benzene ring substituents is 1. The fourth-order valence-corrected chi connectivity index (χ4v) is 4.32. The van der Waals surface area contributed by atoms with Crippen LogP contribution in [0.1, 0.15) is 43.0 Å². The number of hydrogen-bond acceptors (Lipinski definition) is 8. The zero-order chi connectivity index (χ0) is 26.2. The molecule has 0 saturated heterocycles. The molecule has 0 unspecified atom stereocenters. The van der Waals surface area contributed by atoms with Crippen molar-refractivity contribution in [2.75, 3.05) is 18.2 Å². The van der Waals surface area contributed by atoms with Gasteiger partial charge in [-0.1, -0.05) is 43.8 Å². The van der Waals surface area contributed by atoms with Crippen LogP contribution in [0.5, 0.6) is 5.75 Å². The highest BCUT2D eigenvalue weighted by Gasteiger charge is 2.26. The Morgan fingerprint density at radius 1 is 1.17 bits per heavy atom. The van der Waals surface area contributed by atoms with Crippen LogP contribution in [0.4, 0.5) is 11.4 Å². The summed E-state index contributed by atoms with van der Waals surface area (Å²) in [5.74, 6) is 0.481. The molecule has 2 amide bonds. The van der Waals surface area contributed by atoms with E-state index >= 15 is 0 Å². The third kappa shape index (κ3) is 6.39. The third-order valence-electron chi connectivity index (χ3n) is 5.33. The van der Waals surface area contributed by atoms with Crippen LogP contribution >= 0.6 is 11.8 Å². The number of rotatable bonds is 11. The second-order valence-corrected chi connectivity index (χ2v) is 9.07. The summed E-state index contributed by atoms with van der Waals surface area (Å²) in [4.78, 5) is 36.0. The van der Waals surface area contributed by atoms with Crippen molar-refractivity contribution in [1.29, 1.82) is 0 Å². The molecule has 11 nitrogen and oxygen atoms in total. The average Bonchev–Trinajstić information content (AvgIpc) is 3.28. The van der Waals surface area contributed by atoms with Gasteiger partial charge < -0.3 is 19.9 Å². The molecule has 0 aliphatic heterocycles. The topological polar surface area (TPSA) is 141 Å². The van der Waals surface area contributed by atoms with Crippen LogP contribution in [0.2, 0.25) is 0 Å². The van der Waals surface area contributed by atoms with Crippen LogP contribution in [-0.4, -0.2) is 44.4 Å². The smallest absolute Gasteiger partial charge is 0.270 e. The predicted molar refractivity (Wildman–Crippen MR) is 136 cm³/mol. The number of thioether (sulfide) groups is 1. The summed E-state index contributed by atoms with van der Waals surface area (Å²) in [5.41, 5.74) is 0.595. The van der Waals surface area contributed by atoms with Gasteiger partial charge in [0.1, 0.15) is 5.75 Å². The summed E-state index contributed by atoms with van der Waals surface area (Å²) in [6.07, 6.45) is 0. The lowest BCUT2D eigenvalue weighted by molar-refractivity contribution is -0.384. The molecule has 3 aromatic rings. The average molecular weight is 513 g/mol. The number of aromatic nitrogens is 3. The van der Waals surface area contributed by atoms with Crippen LogP contribution in [0, 0.1) is 16.0 Å². The van der Waals surface area contributed by atoms with Crippen molar-refractivity contribution in [3.05, 3.63) is 70.0 Å². The van der Waals surface area contributed by atoms with Gasteiger partial charge in [-0.2, -0.15) is 0 Å².